The fraction of sp³-hybridized carbons (Fsp3) is 0.368. The van der Waals surface area contributed by atoms with Crippen molar-refractivity contribution in [3.63, 3.8) is 0 Å². The molecule has 2 amide bonds. The number of fused-ring (bicyclic) bond motifs is 2. The van der Waals surface area contributed by atoms with E-state index in [9.17, 15) is 9.59 Å². The van der Waals surface area contributed by atoms with Gasteiger partial charge in [0.05, 0.1) is 11.5 Å². The van der Waals surface area contributed by atoms with Crippen molar-refractivity contribution in [3.8, 4) is 0 Å². The number of nitrogens with one attached hydrogen (secondary N) is 2. The van der Waals surface area contributed by atoms with Crippen molar-refractivity contribution in [2.75, 3.05) is 11.9 Å². The molecule has 0 saturated carbocycles. The smallest absolute Gasteiger partial charge is 0.270 e. The Balaban J connectivity index is 1.77. The van der Waals surface area contributed by atoms with Crippen LogP contribution in [-0.4, -0.2) is 34.3 Å². The topological polar surface area (TPSA) is 65.2 Å². The molecule has 1 saturated heterocycles. The summed E-state index contributed by atoms with van der Waals surface area (Å²) in [6.45, 7) is 2.70. The van der Waals surface area contributed by atoms with Gasteiger partial charge in [-0.3, -0.25) is 9.59 Å². The first-order chi connectivity index (χ1) is 11.7. The fourth-order valence-electron chi connectivity index (χ4n) is 4.34. The highest BCUT2D eigenvalue weighted by molar-refractivity contribution is 6.08. The van der Waals surface area contributed by atoms with Gasteiger partial charge in [-0.05, 0) is 36.6 Å². The number of anilines is 1. The normalized spacial score (nSPS) is 25.1. The maximum absolute atomic E-state index is 12.9. The van der Waals surface area contributed by atoms with Crippen LogP contribution in [0, 0.1) is 0 Å². The summed E-state index contributed by atoms with van der Waals surface area (Å²) in [7, 11) is 0. The van der Waals surface area contributed by atoms with Crippen molar-refractivity contribution in [1.82, 2.24) is 9.88 Å². The minimum absolute atomic E-state index is 0.0208. The lowest BCUT2D eigenvalue weighted by atomic mass is 9.73. The Morgan fingerprint density at radius 2 is 2.12 bits per heavy atom. The summed E-state index contributed by atoms with van der Waals surface area (Å²) in [6, 6.07) is 11.4. The Morgan fingerprint density at radius 3 is 2.88 bits per heavy atom. The second-order valence-electron chi connectivity index (χ2n) is 6.61. The summed E-state index contributed by atoms with van der Waals surface area (Å²) in [5.41, 5.74) is 1.89. The second kappa shape index (κ2) is 5.51. The molecule has 24 heavy (non-hydrogen) atoms. The molecule has 1 fully saturated rings. The standard InChI is InChI=1S/C19H21N3O2/c1-2-6-16-19(13-7-3-4-8-14(13)21-18(19)24)10-12-22(16)17(23)15-9-5-11-20-15/h3-5,7-9,11,16,20H,2,6,10,12H2,1H3,(H,21,24)/t16-,19+/m0/s1. The van der Waals surface area contributed by atoms with E-state index in [2.05, 4.69) is 17.2 Å². The Labute approximate surface area is 141 Å². The molecule has 1 aromatic carbocycles. The van der Waals surface area contributed by atoms with Crippen LogP contribution >= 0.6 is 0 Å². The summed E-state index contributed by atoms with van der Waals surface area (Å²) < 4.78 is 0. The lowest BCUT2D eigenvalue weighted by Crippen LogP contribution is -2.48. The zero-order valence-corrected chi connectivity index (χ0v) is 13.7. The molecule has 1 aromatic heterocycles. The van der Waals surface area contributed by atoms with Crippen molar-refractivity contribution in [1.29, 1.82) is 0 Å². The summed E-state index contributed by atoms with van der Waals surface area (Å²) in [5.74, 6) is 0.0106. The molecule has 0 radical (unpaired) electrons. The molecular formula is C19H21N3O2. The first-order valence-corrected chi connectivity index (χ1v) is 8.54. The van der Waals surface area contributed by atoms with Crippen LogP contribution in [0.3, 0.4) is 0 Å². The Bertz CT molecular complexity index is 784. The minimum atomic E-state index is -0.616. The zero-order valence-electron chi connectivity index (χ0n) is 13.7. The van der Waals surface area contributed by atoms with Crippen LogP contribution in [0.1, 0.15) is 42.2 Å². The van der Waals surface area contributed by atoms with Crippen LogP contribution in [0.5, 0.6) is 0 Å². The summed E-state index contributed by atoms with van der Waals surface area (Å²) >= 11 is 0. The van der Waals surface area contributed by atoms with Gasteiger partial charge in [0, 0.05) is 18.4 Å². The van der Waals surface area contributed by atoms with Gasteiger partial charge in [-0.2, -0.15) is 0 Å². The Kier molecular flexibility index (Phi) is 3.44. The average molecular weight is 323 g/mol. The molecule has 2 aliphatic heterocycles. The van der Waals surface area contributed by atoms with E-state index in [0.29, 0.717) is 18.7 Å². The van der Waals surface area contributed by atoms with E-state index in [1.807, 2.05) is 35.2 Å². The predicted molar refractivity (Wildman–Crippen MR) is 91.9 cm³/mol. The van der Waals surface area contributed by atoms with Gasteiger partial charge in [0.25, 0.3) is 5.91 Å². The number of nitrogens with zero attached hydrogens (tertiary/aromatic N) is 1. The van der Waals surface area contributed by atoms with E-state index in [1.54, 1.807) is 12.3 Å². The number of amides is 2. The highest BCUT2D eigenvalue weighted by Gasteiger charge is 2.58. The number of carbonyl (C=O) groups excluding carboxylic acids is 2. The van der Waals surface area contributed by atoms with Crippen LogP contribution in [0.2, 0.25) is 0 Å². The van der Waals surface area contributed by atoms with Gasteiger partial charge in [-0.1, -0.05) is 31.5 Å². The monoisotopic (exact) mass is 323 g/mol. The fourth-order valence-corrected chi connectivity index (χ4v) is 4.34. The number of H-pyrrole nitrogens is 1. The third kappa shape index (κ3) is 1.94. The lowest BCUT2D eigenvalue weighted by Gasteiger charge is -2.33. The summed E-state index contributed by atoms with van der Waals surface area (Å²) in [4.78, 5) is 30.7. The molecule has 2 N–H and O–H groups in total. The van der Waals surface area contributed by atoms with Gasteiger partial charge in [-0.15, -0.1) is 0 Å². The van der Waals surface area contributed by atoms with E-state index in [4.69, 9.17) is 0 Å². The van der Waals surface area contributed by atoms with Gasteiger partial charge in [0.2, 0.25) is 5.91 Å². The van der Waals surface area contributed by atoms with Crippen LogP contribution in [0.25, 0.3) is 0 Å². The van der Waals surface area contributed by atoms with Crippen LogP contribution in [-0.2, 0) is 10.2 Å². The maximum atomic E-state index is 12.9. The predicted octanol–water partition coefficient (Wildman–Crippen LogP) is 2.92. The maximum Gasteiger partial charge on any atom is 0.270 e. The van der Waals surface area contributed by atoms with E-state index in [0.717, 1.165) is 24.1 Å². The summed E-state index contributed by atoms with van der Waals surface area (Å²) in [6.07, 6.45) is 4.17. The number of carbonyl (C=O) groups is 2. The molecule has 2 aliphatic rings. The number of rotatable bonds is 3. The number of aromatic nitrogens is 1. The number of hydrogen-bond acceptors (Lipinski definition) is 2. The second-order valence-corrected chi connectivity index (χ2v) is 6.61. The first kappa shape index (κ1) is 15.0. The Hall–Kier alpha value is -2.56. The third-order valence-corrected chi connectivity index (χ3v) is 5.40. The molecule has 5 nitrogen and oxygen atoms in total. The Morgan fingerprint density at radius 1 is 1.29 bits per heavy atom. The van der Waals surface area contributed by atoms with Gasteiger partial charge >= 0.3 is 0 Å². The number of likely N-dealkylation sites (tertiary alicyclic amines) is 1. The van der Waals surface area contributed by atoms with Crippen molar-refractivity contribution < 1.29 is 9.59 Å². The van der Waals surface area contributed by atoms with E-state index in [-0.39, 0.29) is 17.9 Å². The van der Waals surface area contributed by atoms with Crippen molar-refractivity contribution in [3.05, 3.63) is 53.9 Å². The third-order valence-electron chi connectivity index (χ3n) is 5.40. The molecule has 124 valence electrons. The van der Waals surface area contributed by atoms with Crippen molar-refractivity contribution in [2.45, 2.75) is 37.6 Å². The van der Waals surface area contributed by atoms with Gasteiger partial charge in [0.15, 0.2) is 0 Å². The van der Waals surface area contributed by atoms with Gasteiger partial charge < -0.3 is 15.2 Å². The molecule has 0 unspecified atom stereocenters. The van der Waals surface area contributed by atoms with Crippen LogP contribution in [0.15, 0.2) is 42.6 Å². The average Bonchev–Trinajstić information content (AvgIpc) is 3.29. The summed E-state index contributed by atoms with van der Waals surface area (Å²) in [5, 5.41) is 3.03. The minimum Gasteiger partial charge on any atom is -0.357 e. The first-order valence-electron chi connectivity index (χ1n) is 8.54. The number of para-hydroxylation sites is 1. The van der Waals surface area contributed by atoms with E-state index in [1.165, 1.54) is 0 Å². The molecule has 5 heteroatoms. The number of hydrogen-bond donors (Lipinski definition) is 2. The molecule has 2 atom stereocenters. The molecule has 2 aromatic rings. The zero-order chi connectivity index (χ0) is 16.7. The van der Waals surface area contributed by atoms with Crippen LogP contribution < -0.4 is 5.32 Å². The molecule has 4 rings (SSSR count). The van der Waals surface area contributed by atoms with E-state index >= 15 is 0 Å². The lowest BCUT2D eigenvalue weighted by molar-refractivity contribution is -0.121. The van der Waals surface area contributed by atoms with Crippen molar-refractivity contribution >= 4 is 17.5 Å². The van der Waals surface area contributed by atoms with Crippen molar-refractivity contribution in [2.24, 2.45) is 0 Å². The SMILES string of the molecule is CCC[C@@H]1N(C(=O)c2ccc[nH]2)CC[C@]12C(=O)Nc1ccccc12. The molecule has 1 spiro atoms. The van der Waals surface area contributed by atoms with Crippen LogP contribution in [0.4, 0.5) is 5.69 Å². The highest BCUT2D eigenvalue weighted by atomic mass is 16.2. The number of benzene rings is 1. The molecule has 3 heterocycles. The number of aromatic amines is 1. The molecule has 0 bridgehead atoms. The van der Waals surface area contributed by atoms with Gasteiger partial charge in [0.1, 0.15) is 5.69 Å². The highest BCUT2D eigenvalue weighted by Crippen LogP contribution is 2.49. The largest absolute Gasteiger partial charge is 0.357 e. The quantitative estimate of drug-likeness (QED) is 0.912. The van der Waals surface area contributed by atoms with E-state index < -0.39 is 5.41 Å². The van der Waals surface area contributed by atoms with Gasteiger partial charge in [-0.25, -0.2) is 0 Å². The molecule has 0 aliphatic carbocycles. The molecular weight excluding hydrogens is 302 g/mol.